The minimum absolute atomic E-state index is 0.0533. The summed E-state index contributed by atoms with van der Waals surface area (Å²) in [6.45, 7) is 15.7. The van der Waals surface area contributed by atoms with Gasteiger partial charge in [-0.1, -0.05) is 48.0 Å². The van der Waals surface area contributed by atoms with Crippen LogP contribution in [0, 0.1) is 16.7 Å². The highest BCUT2D eigenvalue weighted by Gasteiger charge is 2.34. The molecular weight excluding hydrogens is 300 g/mol. The van der Waals surface area contributed by atoms with Crippen LogP contribution in [0.2, 0.25) is 0 Å². The van der Waals surface area contributed by atoms with Crippen molar-refractivity contribution in [1.29, 1.82) is 0 Å². The standard InChI is InChI=1S/C9H18O3.C8H16O3/c1-8(2,3)6-9(4,5)7(10)12-11;1-4-5-6-10-11-8(9)7(2)3/h11H,6H2,1-5H3;7H,4-6H2,1-3H3. The van der Waals surface area contributed by atoms with Gasteiger partial charge in [-0.2, -0.15) is 10.1 Å². The fourth-order valence-corrected chi connectivity index (χ4v) is 1.92. The second kappa shape index (κ2) is 11.4. The van der Waals surface area contributed by atoms with Crippen LogP contribution in [0.1, 0.15) is 74.7 Å². The summed E-state index contributed by atoms with van der Waals surface area (Å²) >= 11 is 0. The zero-order chi connectivity index (χ0) is 18.7. The van der Waals surface area contributed by atoms with E-state index in [-0.39, 0.29) is 17.3 Å². The molecule has 0 saturated carbocycles. The average Bonchev–Trinajstić information content (AvgIpc) is 2.40. The number of hydrogen-bond donors (Lipinski definition) is 1. The van der Waals surface area contributed by atoms with Crippen LogP contribution in [-0.4, -0.2) is 23.8 Å². The Balaban J connectivity index is 0. The van der Waals surface area contributed by atoms with Gasteiger partial charge in [0.25, 0.3) is 0 Å². The van der Waals surface area contributed by atoms with E-state index in [0.717, 1.165) is 12.8 Å². The molecule has 0 aromatic carbocycles. The summed E-state index contributed by atoms with van der Waals surface area (Å²) in [4.78, 5) is 34.6. The molecule has 0 heterocycles. The summed E-state index contributed by atoms with van der Waals surface area (Å²) in [5.41, 5.74) is -0.565. The first kappa shape index (κ1) is 24.1. The lowest BCUT2D eigenvalue weighted by atomic mass is 9.76. The lowest BCUT2D eigenvalue weighted by Gasteiger charge is -2.28. The SMILES string of the molecule is CC(C)(C)CC(C)(C)C(=O)OO.CCCCOOC(=O)C(C)C. The van der Waals surface area contributed by atoms with Crippen LogP contribution in [0.4, 0.5) is 0 Å². The van der Waals surface area contributed by atoms with Crippen molar-refractivity contribution in [2.45, 2.75) is 74.7 Å². The molecule has 138 valence electrons. The molecule has 23 heavy (non-hydrogen) atoms. The summed E-state index contributed by atoms with van der Waals surface area (Å²) in [6, 6.07) is 0. The van der Waals surface area contributed by atoms with E-state index in [2.05, 4.69) is 14.7 Å². The van der Waals surface area contributed by atoms with Crippen molar-refractivity contribution in [3.05, 3.63) is 0 Å². The molecule has 1 N–H and O–H groups in total. The van der Waals surface area contributed by atoms with E-state index < -0.39 is 11.4 Å². The number of rotatable bonds is 7. The molecule has 0 amide bonds. The largest absolute Gasteiger partial charge is 0.347 e. The summed E-state index contributed by atoms with van der Waals surface area (Å²) in [5, 5.41) is 8.22. The molecule has 0 aliphatic rings. The molecule has 0 aromatic rings. The molecule has 0 bridgehead atoms. The smallest absolute Gasteiger partial charge is 0.300 e. The second-order valence-electron chi connectivity index (χ2n) is 7.73. The molecular formula is C17H34O6. The van der Waals surface area contributed by atoms with Gasteiger partial charge in [-0.25, -0.2) is 9.59 Å². The number of unbranched alkanes of at least 4 members (excludes halogenated alkanes) is 1. The molecule has 0 atom stereocenters. The van der Waals surface area contributed by atoms with Gasteiger partial charge in [-0.15, -0.1) is 0 Å². The predicted molar refractivity (Wildman–Crippen MR) is 88.4 cm³/mol. The van der Waals surface area contributed by atoms with E-state index >= 15 is 0 Å². The molecule has 0 unspecified atom stereocenters. The van der Waals surface area contributed by atoms with E-state index in [9.17, 15) is 9.59 Å². The van der Waals surface area contributed by atoms with E-state index in [1.54, 1.807) is 27.7 Å². The number of hydrogen-bond acceptors (Lipinski definition) is 6. The number of carbonyl (C=O) groups excluding carboxylic acids is 2. The first-order chi connectivity index (χ1) is 10.4. The van der Waals surface area contributed by atoms with Gasteiger partial charge in [0.1, 0.15) is 0 Å². The average molecular weight is 334 g/mol. The van der Waals surface area contributed by atoms with Crippen LogP contribution in [0.25, 0.3) is 0 Å². The maximum atomic E-state index is 11.0. The molecule has 0 rings (SSSR count). The normalized spacial score (nSPS) is 11.6. The Morgan fingerprint density at radius 1 is 1.09 bits per heavy atom. The van der Waals surface area contributed by atoms with Gasteiger partial charge >= 0.3 is 11.9 Å². The molecule has 0 fully saturated rings. The molecule has 0 aliphatic carbocycles. The van der Waals surface area contributed by atoms with Crippen molar-refractivity contribution >= 4 is 11.9 Å². The van der Waals surface area contributed by atoms with Crippen molar-refractivity contribution in [1.82, 2.24) is 0 Å². The summed E-state index contributed by atoms with van der Waals surface area (Å²) < 4.78 is 0. The van der Waals surface area contributed by atoms with E-state index in [4.69, 9.17) is 5.26 Å². The van der Waals surface area contributed by atoms with Gasteiger partial charge in [-0.3, -0.25) is 4.89 Å². The Morgan fingerprint density at radius 2 is 1.61 bits per heavy atom. The van der Waals surface area contributed by atoms with Crippen LogP contribution >= 0.6 is 0 Å². The highest BCUT2D eigenvalue weighted by atomic mass is 17.2. The monoisotopic (exact) mass is 334 g/mol. The topological polar surface area (TPSA) is 82.1 Å². The van der Waals surface area contributed by atoms with Crippen LogP contribution in [-0.2, 0) is 24.3 Å². The van der Waals surface area contributed by atoms with Crippen LogP contribution in [0.15, 0.2) is 0 Å². The zero-order valence-electron chi connectivity index (χ0n) is 15.9. The molecule has 6 heteroatoms. The Morgan fingerprint density at radius 3 is 1.96 bits per heavy atom. The Hall–Kier alpha value is -1.14. The van der Waals surface area contributed by atoms with Gasteiger partial charge < -0.3 is 4.89 Å². The van der Waals surface area contributed by atoms with Crippen molar-refractivity contribution in [2.24, 2.45) is 16.7 Å². The molecule has 0 radical (unpaired) electrons. The van der Waals surface area contributed by atoms with Crippen molar-refractivity contribution in [2.75, 3.05) is 6.61 Å². The second-order valence-corrected chi connectivity index (χ2v) is 7.73. The first-order valence-electron chi connectivity index (χ1n) is 8.06. The molecule has 0 aliphatic heterocycles. The Bertz CT molecular complexity index is 341. The summed E-state index contributed by atoms with van der Waals surface area (Å²) in [7, 11) is 0. The van der Waals surface area contributed by atoms with Crippen LogP contribution < -0.4 is 0 Å². The van der Waals surface area contributed by atoms with E-state index in [1.165, 1.54) is 0 Å². The quantitative estimate of drug-likeness (QED) is 0.422. The summed E-state index contributed by atoms with van der Waals surface area (Å²) in [6.07, 6.45) is 2.64. The maximum Gasteiger partial charge on any atom is 0.347 e. The van der Waals surface area contributed by atoms with E-state index in [0.29, 0.717) is 13.0 Å². The first-order valence-corrected chi connectivity index (χ1v) is 8.06. The molecule has 0 aromatic heterocycles. The highest BCUT2D eigenvalue weighted by Crippen LogP contribution is 2.33. The minimum atomic E-state index is -0.618. The third-order valence-electron chi connectivity index (χ3n) is 2.80. The van der Waals surface area contributed by atoms with Crippen molar-refractivity contribution < 1.29 is 29.5 Å². The van der Waals surface area contributed by atoms with E-state index in [1.807, 2.05) is 27.7 Å². The Labute approximate surface area is 140 Å². The van der Waals surface area contributed by atoms with Gasteiger partial charge in [-0.05, 0) is 32.1 Å². The highest BCUT2D eigenvalue weighted by molar-refractivity contribution is 5.75. The lowest BCUT2D eigenvalue weighted by molar-refractivity contribution is -0.275. The fraction of sp³-hybridized carbons (Fsp3) is 0.882. The third-order valence-corrected chi connectivity index (χ3v) is 2.80. The van der Waals surface area contributed by atoms with Gasteiger partial charge in [0.05, 0.1) is 17.9 Å². The molecule has 6 nitrogen and oxygen atoms in total. The van der Waals surface area contributed by atoms with Gasteiger partial charge in [0.15, 0.2) is 0 Å². The van der Waals surface area contributed by atoms with Crippen molar-refractivity contribution in [3.63, 3.8) is 0 Å². The van der Waals surface area contributed by atoms with Crippen molar-refractivity contribution in [3.8, 4) is 0 Å². The zero-order valence-corrected chi connectivity index (χ0v) is 15.9. The fourth-order valence-electron chi connectivity index (χ4n) is 1.92. The lowest BCUT2D eigenvalue weighted by Crippen LogP contribution is -2.30. The maximum absolute atomic E-state index is 11.0. The van der Waals surface area contributed by atoms with Crippen LogP contribution in [0.5, 0.6) is 0 Å². The van der Waals surface area contributed by atoms with Gasteiger partial charge in [0.2, 0.25) is 0 Å². The summed E-state index contributed by atoms with van der Waals surface area (Å²) in [5.74, 6) is -0.991. The number of carbonyl (C=O) groups is 2. The third kappa shape index (κ3) is 14.2. The van der Waals surface area contributed by atoms with Gasteiger partial charge in [0, 0.05) is 0 Å². The Kier molecular flexibility index (Phi) is 12.0. The molecule has 0 saturated heterocycles. The van der Waals surface area contributed by atoms with Crippen LogP contribution in [0.3, 0.4) is 0 Å². The predicted octanol–water partition coefficient (Wildman–Crippen LogP) is 4.38. The molecule has 0 spiro atoms. The minimum Gasteiger partial charge on any atom is -0.300 e.